The van der Waals surface area contributed by atoms with Crippen LogP contribution in [0.3, 0.4) is 0 Å². The SMILES string of the molecule is Cc1ccccc1[C@@H]1C[C@@H]1c1nc(CC(=O)NC2CCCC2)no1. The summed E-state index contributed by atoms with van der Waals surface area (Å²) in [7, 11) is 0. The first-order valence-corrected chi connectivity index (χ1v) is 8.88. The van der Waals surface area contributed by atoms with Gasteiger partial charge in [0.1, 0.15) is 0 Å². The van der Waals surface area contributed by atoms with E-state index in [1.807, 2.05) is 0 Å². The van der Waals surface area contributed by atoms with Gasteiger partial charge in [0, 0.05) is 12.0 Å². The maximum Gasteiger partial charge on any atom is 0.230 e. The molecule has 2 aromatic rings. The average molecular weight is 325 g/mol. The van der Waals surface area contributed by atoms with Crippen molar-refractivity contribution in [3.05, 3.63) is 47.1 Å². The van der Waals surface area contributed by atoms with Crippen LogP contribution in [0.2, 0.25) is 0 Å². The van der Waals surface area contributed by atoms with Gasteiger partial charge in [-0.3, -0.25) is 4.79 Å². The lowest BCUT2D eigenvalue weighted by molar-refractivity contribution is -0.121. The summed E-state index contributed by atoms with van der Waals surface area (Å²) in [5.41, 5.74) is 2.67. The Morgan fingerprint density at radius 3 is 2.83 bits per heavy atom. The molecule has 4 rings (SSSR count). The van der Waals surface area contributed by atoms with E-state index in [0.717, 1.165) is 19.3 Å². The van der Waals surface area contributed by atoms with Crippen molar-refractivity contribution >= 4 is 5.91 Å². The number of nitrogens with zero attached hydrogens (tertiary/aromatic N) is 2. The predicted molar refractivity (Wildman–Crippen MR) is 89.7 cm³/mol. The fourth-order valence-corrected chi connectivity index (χ4v) is 3.80. The van der Waals surface area contributed by atoms with Crippen LogP contribution < -0.4 is 5.32 Å². The van der Waals surface area contributed by atoms with Crippen LogP contribution in [0.5, 0.6) is 0 Å². The first-order chi connectivity index (χ1) is 11.7. The molecule has 0 aliphatic heterocycles. The molecule has 5 heteroatoms. The molecule has 126 valence electrons. The minimum Gasteiger partial charge on any atom is -0.353 e. The summed E-state index contributed by atoms with van der Waals surface area (Å²) < 4.78 is 5.41. The van der Waals surface area contributed by atoms with E-state index in [0.29, 0.717) is 29.6 Å². The smallest absolute Gasteiger partial charge is 0.230 e. The van der Waals surface area contributed by atoms with Crippen LogP contribution in [-0.4, -0.2) is 22.1 Å². The second-order valence-electron chi connectivity index (χ2n) is 7.08. The largest absolute Gasteiger partial charge is 0.353 e. The highest BCUT2D eigenvalue weighted by Crippen LogP contribution is 2.54. The van der Waals surface area contributed by atoms with Crippen molar-refractivity contribution in [1.82, 2.24) is 15.5 Å². The van der Waals surface area contributed by atoms with Crippen LogP contribution in [0, 0.1) is 6.92 Å². The number of hydrogen-bond acceptors (Lipinski definition) is 4. The topological polar surface area (TPSA) is 68.0 Å². The molecule has 0 radical (unpaired) electrons. The molecule has 0 saturated heterocycles. The van der Waals surface area contributed by atoms with E-state index in [2.05, 4.69) is 46.6 Å². The number of carbonyl (C=O) groups excluding carboxylic acids is 1. The van der Waals surface area contributed by atoms with E-state index in [-0.39, 0.29) is 12.3 Å². The molecule has 1 heterocycles. The first kappa shape index (κ1) is 15.4. The van der Waals surface area contributed by atoms with Crippen LogP contribution in [-0.2, 0) is 11.2 Å². The highest BCUT2D eigenvalue weighted by atomic mass is 16.5. The summed E-state index contributed by atoms with van der Waals surface area (Å²) in [6.07, 6.45) is 5.84. The fraction of sp³-hybridized carbons (Fsp3) is 0.526. The Morgan fingerprint density at radius 1 is 1.25 bits per heavy atom. The monoisotopic (exact) mass is 325 g/mol. The maximum atomic E-state index is 12.1. The van der Waals surface area contributed by atoms with Gasteiger partial charge in [0.05, 0.1) is 6.42 Å². The van der Waals surface area contributed by atoms with Gasteiger partial charge in [0.25, 0.3) is 0 Å². The number of aromatic nitrogens is 2. The number of amides is 1. The van der Waals surface area contributed by atoms with Gasteiger partial charge in [0.15, 0.2) is 5.82 Å². The molecule has 2 saturated carbocycles. The number of aryl methyl sites for hydroxylation is 1. The van der Waals surface area contributed by atoms with E-state index >= 15 is 0 Å². The third-order valence-electron chi connectivity index (χ3n) is 5.22. The van der Waals surface area contributed by atoms with Crippen molar-refractivity contribution in [3.63, 3.8) is 0 Å². The molecule has 2 fully saturated rings. The molecule has 1 N–H and O–H groups in total. The van der Waals surface area contributed by atoms with E-state index < -0.39 is 0 Å². The molecule has 0 spiro atoms. The summed E-state index contributed by atoms with van der Waals surface area (Å²) in [6.45, 7) is 2.14. The van der Waals surface area contributed by atoms with Crippen LogP contribution in [0.4, 0.5) is 0 Å². The average Bonchev–Trinajstić information content (AvgIpc) is 2.94. The quantitative estimate of drug-likeness (QED) is 0.916. The van der Waals surface area contributed by atoms with E-state index in [9.17, 15) is 4.79 Å². The van der Waals surface area contributed by atoms with Crippen molar-refractivity contribution in [2.45, 2.75) is 63.3 Å². The lowest BCUT2D eigenvalue weighted by atomic mass is 10.0. The second kappa shape index (κ2) is 6.38. The van der Waals surface area contributed by atoms with Crippen molar-refractivity contribution in [1.29, 1.82) is 0 Å². The van der Waals surface area contributed by atoms with Gasteiger partial charge in [-0.2, -0.15) is 4.98 Å². The number of carbonyl (C=O) groups is 1. The van der Waals surface area contributed by atoms with Crippen LogP contribution in [0.25, 0.3) is 0 Å². The Kier molecular flexibility index (Phi) is 4.08. The molecule has 1 aromatic carbocycles. The number of benzene rings is 1. The van der Waals surface area contributed by atoms with Gasteiger partial charge in [-0.05, 0) is 43.2 Å². The predicted octanol–water partition coefficient (Wildman–Crippen LogP) is 3.25. The molecule has 0 bridgehead atoms. The Morgan fingerprint density at radius 2 is 2.04 bits per heavy atom. The number of rotatable bonds is 5. The Labute approximate surface area is 141 Å². The van der Waals surface area contributed by atoms with E-state index in [1.54, 1.807) is 0 Å². The summed E-state index contributed by atoms with van der Waals surface area (Å²) in [6, 6.07) is 8.77. The van der Waals surface area contributed by atoms with Crippen molar-refractivity contribution in [2.75, 3.05) is 0 Å². The molecule has 1 aromatic heterocycles. The molecule has 1 amide bonds. The van der Waals surface area contributed by atoms with Gasteiger partial charge >= 0.3 is 0 Å². The van der Waals surface area contributed by atoms with Gasteiger partial charge in [-0.15, -0.1) is 0 Å². The summed E-state index contributed by atoms with van der Waals surface area (Å²) in [5.74, 6) is 1.93. The lowest BCUT2D eigenvalue weighted by Gasteiger charge is -2.10. The number of hydrogen-bond donors (Lipinski definition) is 1. The molecule has 2 atom stereocenters. The van der Waals surface area contributed by atoms with Crippen LogP contribution in [0.15, 0.2) is 28.8 Å². The minimum atomic E-state index is 0.000464. The normalized spacial score (nSPS) is 23.4. The van der Waals surface area contributed by atoms with Crippen molar-refractivity contribution in [3.8, 4) is 0 Å². The summed E-state index contributed by atoms with van der Waals surface area (Å²) in [4.78, 5) is 16.5. The zero-order chi connectivity index (χ0) is 16.5. The van der Waals surface area contributed by atoms with Gasteiger partial charge < -0.3 is 9.84 Å². The molecule has 2 aliphatic carbocycles. The zero-order valence-electron chi connectivity index (χ0n) is 14.0. The molecule has 5 nitrogen and oxygen atoms in total. The second-order valence-corrected chi connectivity index (χ2v) is 7.08. The van der Waals surface area contributed by atoms with E-state index in [1.165, 1.54) is 24.0 Å². The Hall–Kier alpha value is -2.17. The van der Waals surface area contributed by atoms with Gasteiger partial charge in [0.2, 0.25) is 11.8 Å². The highest BCUT2D eigenvalue weighted by Gasteiger charge is 2.44. The molecule has 24 heavy (non-hydrogen) atoms. The van der Waals surface area contributed by atoms with Gasteiger partial charge in [-0.1, -0.05) is 42.3 Å². The molecule has 2 aliphatic rings. The Bertz CT molecular complexity index is 734. The summed E-state index contributed by atoms with van der Waals surface area (Å²) in [5, 5.41) is 7.06. The number of nitrogens with one attached hydrogen (secondary N) is 1. The molecule has 0 unspecified atom stereocenters. The van der Waals surface area contributed by atoms with Crippen molar-refractivity contribution < 1.29 is 9.32 Å². The zero-order valence-corrected chi connectivity index (χ0v) is 14.0. The highest BCUT2D eigenvalue weighted by molar-refractivity contribution is 5.78. The third-order valence-corrected chi connectivity index (χ3v) is 5.22. The minimum absolute atomic E-state index is 0.000464. The molecular weight excluding hydrogens is 302 g/mol. The third kappa shape index (κ3) is 3.21. The first-order valence-electron chi connectivity index (χ1n) is 8.88. The summed E-state index contributed by atoms with van der Waals surface area (Å²) >= 11 is 0. The van der Waals surface area contributed by atoms with Crippen molar-refractivity contribution in [2.24, 2.45) is 0 Å². The van der Waals surface area contributed by atoms with E-state index in [4.69, 9.17) is 4.52 Å². The Balaban J connectivity index is 1.36. The lowest BCUT2D eigenvalue weighted by Crippen LogP contribution is -2.33. The fourth-order valence-electron chi connectivity index (χ4n) is 3.80. The molecular formula is C19H23N3O2. The maximum absolute atomic E-state index is 12.1. The standard InChI is InChI=1S/C19H23N3O2/c1-12-6-2-5-9-14(12)15-10-16(15)19-21-17(22-24-19)11-18(23)20-13-7-3-4-8-13/h2,5-6,9,13,15-16H,3-4,7-8,10-11H2,1H3,(H,20,23)/t15-,16-/m0/s1. The van der Waals surface area contributed by atoms with Crippen LogP contribution >= 0.6 is 0 Å². The van der Waals surface area contributed by atoms with Crippen LogP contribution in [0.1, 0.15) is 66.8 Å². The van der Waals surface area contributed by atoms with Gasteiger partial charge in [-0.25, -0.2) is 0 Å².